The molecule has 0 aromatic rings. The van der Waals surface area contributed by atoms with Crippen LogP contribution in [-0.2, 0) is 9.53 Å². The average Bonchev–Trinajstić information content (AvgIpc) is 2.68. The zero-order chi connectivity index (χ0) is 17.0. The molecule has 1 aliphatic heterocycles. The van der Waals surface area contributed by atoms with E-state index >= 15 is 0 Å². The van der Waals surface area contributed by atoms with Crippen molar-refractivity contribution in [3.8, 4) is 0 Å². The summed E-state index contributed by atoms with van der Waals surface area (Å²) in [6.07, 6.45) is 7.27. The first-order valence-electron chi connectivity index (χ1n) is 8.79. The highest BCUT2D eigenvalue weighted by molar-refractivity contribution is 5.75. The molecule has 0 aromatic heterocycles. The fraction of sp³-hybridized carbons (Fsp3) is 0.737. The van der Waals surface area contributed by atoms with Crippen molar-refractivity contribution >= 4 is 5.78 Å². The summed E-state index contributed by atoms with van der Waals surface area (Å²) in [6, 6.07) is 0.438. The molecule has 23 heavy (non-hydrogen) atoms. The Kier molecular flexibility index (Phi) is 5.90. The summed E-state index contributed by atoms with van der Waals surface area (Å²) in [6.45, 7) is 9.25. The molecule has 1 aliphatic carbocycles. The molecule has 1 heterocycles. The Morgan fingerprint density at radius 2 is 2.22 bits per heavy atom. The van der Waals surface area contributed by atoms with Crippen LogP contribution in [0.1, 0.15) is 53.4 Å². The van der Waals surface area contributed by atoms with Gasteiger partial charge in [0.1, 0.15) is 5.78 Å². The molecule has 0 radical (unpaired) electrons. The highest BCUT2D eigenvalue weighted by Gasteiger charge is 2.53. The van der Waals surface area contributed by atoms with Gasteiger partial charge in [0.2, 0.25) is 0 Å². The van der Waals surface area contributed by atoms with E-state index in [2.05, 4.69) is 18.3 Å². The maximum absolute atomic E-state index is 11.4. The first-order valence-corrected chi connectivity index (χ1v) is 8.79. The van der Waals surface area contributed by atoms with Gasteiger partial charge in [-0.1, -0.05) is 6.92 Å². The fourth-order valence-electron chi connectivity index (χ4n) is 4.68. The van der Waals surface area contributed by atoms with Crippen molar-refractivity contribution in [3.63, 3.8) is 0 Å². The lowest BCUT2D eigenvalue weighted by atomic mass is 9.59. The number of hydrogen-bond acceptors (Lipinski definition) is 4. The zero-order valence-electron chi connectivity index (χ0n) is 14.9. The molecule has 4 nitrogen and oxygen atoms in total. The molecule has 0 spiro atoms. The van der Waals surface area contributed by atoms with E-state index in [1.807, 2.05) is 6.92 Å². The van der Waals surface area contributed by atoms with Gasteiger partial charge in [0.05, 0.1) is 18.6 Å². The van der Waals surface area contributed by atoms with E-state index in [1.165, 1.54) is 5.57 Å². The molecule has 4 atom stereocenters. The summed E-state index contributed by atoms with van der Waals surface area (Å²) in [5.41, 5.74) is 1.12. The second kappa shape index (κ2) is 7.52. The van der Waals surface area contributed by atoms with Crippen LogP contribution in [0.3, 0.4) is 0 Å². The van der Waals surface area contributed by atoms with Gasteiger partial charge in [0.25, 0.3) is 0 Å². The minimum absolute atomic E-state index is 0.0542. The summed E-state index contributed by atoms with van der Waals surface area (Å²) in [4.78, 5) is 11.4. The van der Waals surface area contributed by atoms with Crippen LogP contribution in [0, 0.1) is 17.3 Å². The van der Waals surface area contributed by atoms with Crippen LogP contribution in [-0.4, -0.2) is 30.1 Å². The number of carbonyl (C=O) groups is 1. The fourth-order valence-corrected chi connectivity index (χ4v) is 4.68. The molecule has 4 heteroatoms. The molecule has 2 fully saturated rings. The number of ketones is 1. The average molecular weight is 321 g/mol. The molecule has 2 N–H and O–H groups in total. The van der Waals surface area contributed by atoms with Gasteiger partial charge in [0.15, 0.2) is 0 Å². The number of Topliss-reactive ketones (excluding diaryl/α,β-unsaturated/α-hetero) is 1. The number of ether oxygens (including phenoxy) is 1. The van der Waals surface area contributed by atoms with Gasteiger partial charge in [-0.3, -0.25) is 0 Å². The summed E-state index contributed by atoms with van der Waals surface area (Å²) < 4.78 is 5.29. The predicted molar refractivity (Wildman–Crippen MR) is 92.1 cm³/mol. The van der Waals surface area contributed by atoms with Crippen LogP contribution >= 0.6 is 0 Å². The number of fused-ring (bicyclic) bond motifs is 2. The number of aliphatic hydroxyl groups excluding tert-OH is 1. The van der Waals surface area contributed by atoms with Crippen LogP contribution in [0.5, 0.6) is 0 Å². The summed E-state index contributed by atoms with van der Waals surface area (Å²) in [5, 5.41) is 14.0. The van der Waals surface area contributed by atoms with Crippen molar-refractivity contribution in [1.82, 2.24) is 5.32 Å². The molecule has 2 bridgehead atoms. The Hall–Kier alpha value is -1.29. The number of carbonyl (C=O) groups excluding carboxylic acids is 1. The molecule has 2 aliphatic rings. The van der Waals surface area contributed by atoms with Crippen molar-refractivity contribution in [2.75, 3.05) is 13.2 Å². The topological polar surface area (TPSA) is 58.6 Å². The molecule has 2 rings (SSSR count). The molecular weight excluding hydrogens is 290 g/mol. The molecular formula is C19H31NO3. The van der Waals surface area contributed by atoms with Gasteiger partial charge in [-0.25, -0.2) is 0 Å². The first kappa shape index (κ1) is 18.1. The van der Waals surface area contributed by atoms with E-state index in [4.69, 9.17) is 4.74 Å². The van der Waals surface area contributed by atoms with Gasteiger partial charge in [-0.2, -0.15) is 0 Å². The maximum atomic E-state index is 11.4. The Morgan fingerprint density at radius 3 is 2.83 bits per heavy atom. The van der Waals surface area contributed by atoms with Crippen LogP contribution in [0.2, 0.25) is 0 Å². The summed E-state index contributed by atoms with van der Waals surface area (Å²) >= 11 is 0. The van der Waals surface area contributed by atoms with Gasteiger partial charge in [-0.15, -0.1) is 0 Å². The number of hydrogen-bond donors (Lipinski definition) is 2. The van der Waals surface area contributed by atoms with E-state index in [0.717, 1.165) is 25.8 Å². The van der Waals surface area contributed by atoms with Crippen LogP contribution in [0.4, 0.5) is 0 Å². The Morgan fingerprint density at radius 1 is 1.48 bits per heavy atom. The Bertz CT molecular complexity index is 493. The van der Waals surface area contributed by atoms with Crippen LogP contribution in [0.25, 0.3) is 0 Å². The molecule has 1 saturated carbocycles. The lowest BCUT2D eigenvalue weighted by Crippen LogP contribution is -2.41. The molecule has 1 saturated heterocycles. The number of nitrogens with one attached hydrogen (secondary N) is 1. The van der Waals surface area contributed by atoms with Gasteiger partial charge in [0, 0.05) is 24.4 Å². The van der Waals surface area contributed by atoms with Crippen molar-refractivity contribution in [3.05, 3.63) is 23.7 Å². The van der Waals surface area contributed by atoms with E-state index in [-0.39, 0.29) is 11.2 Å². The van der Waals surface area contributed by atoms with Crippen LogP contribution < -0.4 is 5.32 Å². The van der Waals surface area contributed by atoms with Gasteiger partial charge in [-0.05, 0) is 63.5 Å². The van der Waals surface area contributed by atoms with Gasteiger partial charge >= 0.3 is 0 Å². The Balaban J connectivity index is 2.19. The molecule has 0 aromatic carbocycles. The summed E-state index contributed by atoms with van der Waals surface area (Å²) in [5.74, 6) is 1.48. The van der Waals surface area contributed by atoms with Crippen molar-refractivity contribution < 1.29 is 14.6 Å². The van der Waals surface area contributed by atoms with Crippen molar-refractivity contribution in [2.45, 2.75) is 59.4 Å². The second-order valence-corrected chi connectivity index (χ2v) is 7.25. The summed E-state index contributed by atoms with van der Waals surface area (Å²) in [7, 11) is 0. The highest BCUT2D eigenvalue weighted by Crippen LogP contribution is 2.54. The lowest BCUT2D eigenvalue weighted by Gasteiger charge is -2.44. The monoisotopic (exact) mass is 321 g/mol. The zero-order valence-corrected chi connectivity index (χ0v) is 14.9. The van der Waals surface area contributed by atoms with Crippen molar-refractivity contribution in [2.24, 2.45) is 17.3 Å². The minimum atomic E-state index is -0.0542. The third kappa shape index (κ3) is 3.79. The number of rotatable bonds is 7. The first-order chi connectivity index (χ1) is 10.9. The van der Waals surface area contributed by atoms with Crippen molar-refractivity contribution in [1.29, 1.82) is 0 Å². The van der Waals surface area contributed by atoms with E-state index < -0.39 is 0 Å². The van der Waals surface area contributed by atoms with Crippen LogP contribution in [0.15, 0.2) is 23.7 Å². The smallest absolute Gasteiger partial charge is 0.129 e. The minimum Gasteiger partial charge on any atom is -0.513 e. The second-order valence-electron chi connectivity index (χ2n) is 7.25. The van der Waals surface area contributed by atoms with E-state index in [0.29, 0.717) is 36.7 Å². The highest BCUT2D eigenvalue weighted by atomic mass is 16.5. The SMILES string of the molecule is CCO/C=C/CC1CC2NCC(C)(/C1=C(/C)O)C2CCC(C)=O. The maximum Gasteiger partial charge on any atom is 0.129 e. The normalized spacial score (nSPS) is 35.6. The largest absolute Gasteiger partial charge is 0.513 e. The third-order valence-corrected chi connectivity index (χ3v) is 5.57. The predicted octanol–water partition coefficient (Wildman–Crippen LogP) is 3.74. The van der Waals surface area contributed by atoms with E-state index in [9.17, 15) is 9.90 Å². The number of allylic oxidation sites excluding steroid dienone is 2. The molecule has 130 valence electrons. The lowest BCUT2D eigenvalue weighted by molar-refractivity contribution is -0.117. The van der Waals surface area contributed by atoms with E-state index in [1.54, 1.807) is 20.1 Å². The Labute approximate surface area is 140 Å². The van der Waals surface area contributed by atoms with Gasteiger partial charge < -0.3 is 20.0 Å². The third-order valence-electron chi connectivity index (χ3n) is 5.57. The quantitative estimate of drug-likeness (QED) is 0.701. The molecule has 0 amide bonds. The standard InChI is InChI=1S/C19H31NO3/c1-5-23-10-6-7-15-11-17-16(9-8-13(2)21)19(4,12-20-17)18(15)14(3)22/h6,10,15-17,20,22H,5,7-9,11-12H2,1-4H3/b10-6+,18-14-. The molecule has 4 unspecified atom stereocenters. The number of aliphatic hydroxyl groups is 1.